The molecule has 156 valence electrons. The summed E-state index contributed by atoms with van der Waals surface area (Å²) < 4.78 is 12.1. The van der Waals surface area contributed by atoms with Crippen molar-refractivity contribution in [1.29, 1.82) is 0 Å². The van der Waals surface area contributed by atoms with E-state index in [1.54, 1.807) is 36.4 Å². The van der Waals surface area contributed by atoms with Gasteiger partial charge in [-0.15, -0.1) is 4.68 Å². The third kappa shape index (κ3) is 4.36. The fourth-order valence-corrected chi connectivity index (χ4v) is 3.32. The first kappa shape index (κ1) is 20.4. The highest BCUT2D eigenvalue weighted by molar-refractivity contribution is 6.31. The van der Waals surface area contributed by atoms with Crippen LogP contribution >= 0.6 is 11.6 Å². The summed E-state index contributed by atoms with van der Waals surface area (Å²) in [6.45, 7) is 0.288. The van der Waals surface area contributed by atoms with Crippen molar-refractivity contribution in [1.82, 2.24) is 9.66 Å². The maximum absolute atomic E-state index is 12.7. The third-order valence-electron chi connectivity index (χ3n) is 4.59. The lowest BCUT2D eigenvalue weighted by Gasteiger charge is -2.14. The molecule has 0 atom stereocenters. The van der Waals surface area contributed by atoms with Crippen LogP contribution in [0.2, 0.25) is 5.02 Å². The molecule has 7 nitrogen and oxygen atoms in total. The Morgan fingerprint density at radius 1 is 1.06 bits per heavy atom. The van der Waals surface area contributed by atoms with Crippen molar-refractivity contribution in [3.05, 3.63) is 104 Å². The molecule has 1 N–H and O–H groups in total. The number of fused-ring (bicyclic) bond motifs is 1. The van der Waals surface area contributed by atoms with Gasteiger partial charge in [-0.05, 0) is 23.8 Å². The van der Waals surface area contributed by atoms with Crippen LogP contribution < -0.4 is 20.7 Å². The Morgan fingerprint density at radius 3 is 2.58 bits per heavy atom. The van der Waals surface area contributed by atoms with Crippen molar-refractivity contribution in [2.45, 2.75) is 6.61 Å². The number of H-pyrrole nitrogens is 1. The van der Waals surface area contributed by atoms with Crippen LogP contribution in [0.5, 0.6) is 11.5 Å². The van der Waals surface area contributed by atoms with Gasteiger partial charge in [0.2, 0.25) is 0 Å². The van der Waals surface area contributed by atoms with Gasteiger partial charge in [0.15, 0.2) is 11.5 Å². The van der Waals surface area contributed by atoms with E-state index in [1.165, 1.54) is 13.3 Å². The number of aromatic amines is 1. The van der Waals surface area contributed by atoms with Gasteiger partial charge in [0.25, 0.3) is 5.56 Å². The van der Waals surface area contributed by atoms with Crippen LogP contribution in [-0.2, 0) is 6.61 Å². The van der Waals surface area contributed by atoms with Gasteiger partial charge in [-0.3, -0.25) is 4.79 Å². The van der Waals surface area contributed by atoms with Crippen LogP contribution in [-0.4, -0.2) is 23.0 Å². The molecule has 3 aromatic carbocycles. The number of ether oxygens (including phenoxy) is 2. The zero-order chi connectivity index (χ0) is 21.8. The van der Waals surface area contributed by atoms with Crippen molar-refractivity contribution in [3.63, 3.8) is 0 Å². The number of hydrogen-bond donors (Lipinski definition) is 1. The lowest BCUT2D eigenvalue weighted by molar-refractivity contribution is 0.284. The lowest BCUT2D eigenvalue weighted by atomic mass is 10.2. The predicted octanol–water partition coefficient (Wildman–Crippen LogP) is 3.81. The first-order chi connectivity index (χ1) is 15.1. The minimum Gasteiger partial charge on any atom is -0.493 e. The second-order valence-electron chi connectivity index (χ2n) is 6.64. The second-order valence-corrected chi connectivity index (χ2v) is 7.07. The molecule has 0 saturated heterocycles. The van der Waals surface area contributed by atoms with Gasteiger partial charge < -0.3 is 14.5 Å². The average Bonchev–Trinajstić information content (AvgIpc) is 2.78. The van der Waals surface area contributed by atoms with Crippen LogP contribution in [0.1, 0.15) is 11.1 Å². The maximum Gasteiger partial charge on any atom is 0.349 e. The van der Waals surface area contributed by atoms with Gasteiger partial charge in [0.05, 0.1) is 24.2 Å². The Balaban J connectivity index is 1.75. The van der Waals surface area contributed by atoms with Crippen LogP contribution in [0.15, 0.2) is 81.4 Å². The molecule has 1 aromatic heterocycles. The number of nitrogens with one attached hydrogen (secondary N) is 1. The fraction of sp³-hybridized carbons (Fsp3) is 0.0870. The molecule has 1 heterocycles. The third-order valence-corrected chi connectivity index (χ3v) is 4.81. The van der Waals surface area contributed by atoms with E-state index in [1.807, 2.05) is 30.3 Å². The molecular formula is C23H18ClN3O4. The normalized spacial score (nSPS) is 11.2. The monoisotopic (exact) mass is 435 g/mol. The molecule has 0 aliphatic rings. The summed E-state index contributed by atoms with van der Waals surface area (Å²) in [7, 11) is 1.50. The van der Waals surface area contributed by atoms with E-state index >= 15 is 0 Å². The Hall–Kier alpha value is -3.84. The Bertz CT molecular complexity index is 1380. The summed E-state index contributed by atoms with van der Waals surface area (Å²) in [5, 5.41) is 4.84. The molecule has 0 unspecified atom stereocenters. The van der Waals surface area contributed by atoms with E-state index < -0.39 is 11.2 Å². The van der Waals surface area contributed by atoms with E-state index in [0.29, 0.717) is 33.0 Å². The molecule has 0 amide bonds. The van der Waals surface area contributed by atoms with Gasteiger partial charge in [0.1, 0.15) is 6.61 Å². The summed E-state index contributed by atoms with van der Waals surface area (Å²) in [4.78, 5) is 27.7. The molecule has 8 heteroatoms. The Labute approximate surface area is 182 Å². The van der Waals surface area contributed by atoms with E-state index in [4.69, 9.17) is 21.1 Å². The zero-order valence-corrected chi connectivity index (χ0v) is 17.3. The quantitative estimate of drug-likeness (QED) is 0.466. The average molecular weight is 436 g/mol. The highest BCUT2D eigenvalue weighted by Crippen LogP contribution is 2.34. The molecule has 0 aliphatic carbocycles. The van der Waals surface area contributed by atoms with Crippen LogP contribution in [0.4, 0.5) is 0 Å². The number of nitrogens with zero attached hydrogens (tertiary/aromatic N) is 2. The summed E-state index contributed by atoms with van der Waals surface area (Å²) >= 11 is 6.21. The Morgan fingerprint density at radius 2 is 1.81 bits per heavy atom. The molecular weight excluding hydrogens is 418 g/mol. The van der Waals surface area contributed by atoms with Crippen molar-refractivity contribution in [2.75, 3.05) is 7.11 Å². The van der Waals surface area contributed by atoms with Crippen molar-refractivity contribution in [2.24, 2.45) is 5.10 Å². The van der Waals surface area contributed by atoms with Crippen LogP contribution in [0, 0.1) is 0 Å². The molecule has 4 rings (SSSR count). The molecule has 0 bridgehead atoms. The molecule has 0 aliphatic heterocycles. The fourth-order valence-electron chi connectivity index (χ4n) is 3.10. The summed E-state index contributed by atoms with van der Waals surface area (Å²) in [6, 6.07) is 19.6. The lowest BCUT2D eigenvalue weighted by Crippen LogP contribution is -2.32. The number of halogens is 1. The zero-order valence-electron chi connectivity index (χ0n) is 16.5. The maximum atomic E-state index is 12.7. The van der Waals surface area contributed by atoms with Crippen LogP contribution in [0.3, 0.4) is 0 Å². The topological polar surface area (TPSA) is 85.7 Å². The highest BCUT2D eigenvalue weighted by atomic mass is 35.5. The minimum absolute atomic E-state index is 0.288. The second kappa shape index (κ2) is 8.89. The van der Waals surface area contributed by atoms with E-state index in [0.717, 1.165) is 10.2 Å². The number of methoxy groups -OCH3 is 1. The molecule has 31 heavy (non-hydrogen) atoms. The largest absolute Gasteiger partial charge is 0.493 e. The molecule has 0 spiro atoms. The highest BCUT2D eigenvalue weighted by Gasteiger charge is 2.13. The summed E-state index contributed by atoms with van der Waals surface area (Å²) in [6.07, 6.45) is 1.35. The number of benzene rings is 3. The molecule has 0 fully saturated rings. The number of hydrogen-bond acceptors (Lipinski definition) is 5. The van der Waals surface area contributed by atoms with Crippen LogP contribution in [0.25, 0.3) is 10.9 Å². The first-order valence-corrected chi connectivity index (χ1v) is 9.77. The molecule has 4 aromatic rings. The number of aromatic nitrogens is 2. The van der Waals surface area contributed by atoms with Gasteiger partial charge in [-0.1, -0.05) is 54.1 Å². The van der Waals surface area contributed by atoms with E-state index in [9.17, 15) is 9.59 Å². The summed E-state index contributed by atoms with van der Waals surface area (Å²) in [5.74, 6) is 0.800. The standard InChI is InChI=1S/C23H18ClN3O4/c1-30-20-12-17(24)11-16(21(20)31-14-15-7-3-2-4-8-15)13-25-27-22(28)18-9-5-6-10-19(18)26-23(27)29/h2-13H,14H2,1H3,(H,26,29). The number of para-hydroxylation sites is 1. The smallest absolute Gasteiger partial charge is 0.349 e. The summed E-state index contributed by atoms with van der Waals surface area (Å²) in [5.41, 5.74) is 0.682. The first-order valence-electron chi connectivity index (χ1n) is 9.39. The Kier molecular flexibility index (Phi) is 5.86. The van der Waals surface area contributed by atoms with Gasteiger partial charge >= 0.3 is 5.69 Å². The van der Waals surface area contributed by atoms with Crippen molar-refractivity contribution in [3.8, 4) is 11.5 Å². The SMILES string of the molecule is COc1cc(Cl)cc(C=Nn2c(=O)[nH]c3ccccc3c2=O)c1OCc1ccccc1. The van der Waals surface area contributed by atoms with Crippen molar-refractivity contribution < 1.29 is 9.47 Å². The van der Waals surface area contributed by atoms with E-state index in [2.05, 4.69) is 10.1 Å². The minimum atomic E-state index is -0.652. The molecule has 0 saturated carbocycles. The number of rotatable bonds is 6. The predicted molar refractivity (Wildman–Crippen MR) is 121 cm³/mol. The molecule has 0 radical (unpaired) electrons. The van der Waals surface area contributed by atoms with E-state index in [-0.39, 0.29) is 6.61 Å². The van der Waals surface area contributed by atoms with Gasteiger partial charge in [-0.25, -0.2) is 4.79 Å². The van der Waals surface area contributed by atoms with Crippen molar-refractivity contribution >= 4 is 28.7 Å². The van der Waals surface area contributed by atoms with Gasteiger partial charge in [-0.2, -0.15) is 5.10 Å². The van der Waals surface area contributed by atoms with Gasteiger partial charge in [0, 0.05) is 16.7 Å².